The van der Waals surface area contributed by atoms with E-state index in [0.717, 1.165) is 31.2 Å². The summed E-state index contributed by atoms with van der Waals surface area (Å²) < 4.78 is 0. The smallest absolute Gasteiger partial charge is 0.222 e. The average Bonchev–Trinajstić information content (AvgIpc) is 2.86. The molecule has 1 aliphatic carbocycles. The predicted molar refractivity (Wildman–Crippen MR) is 66.2 cm³/mol. The van der Waals surface area contributed by atoms with Crippen LogP contribution >= 0.6 is 11.3 Å². The maximum absolute atomic E-state index is 11.7. The van der Waals surface area contributed by atoms with Crippen molar-refractivity contribution in [1.29, 1.82) is 0 Å². The molecule has 1 aromatic rings. The predicted octanol–water partition coefficient (Wildman–Crippen LogP) is 2.03. The Morgan fingerprint density at radius 2 is 2.25 bits per heavy atom. The van der Waals surface area contributed by atoms with Gasteiger partial charge in [-0.2, -0.15) is 11.3 Å². The Balaban J connectivity index is 1.76. The Hall–Kier alpha value is -0.870. The van der Waals surface area contributed by atoms with Crippen molar-refractivity contribution in [2.45, 2.75) is 44.2 Å². The third-order valence-corrected chi connectivity index (χ3v) is 3.91. The Bertz CT molecular complexity index is 342. The molecule has 1 heterocycles. The van der Waals surface area contributed by atoms with E-state index >= 15 is 0 Å². The SMILES string of the molecule is NC1(CC(=O)NCc2ccsc2)CCCC1. The molecule has 0 saturated heterocycles. The molecule has 1 aliphatic rings. The molecule has 0 aliphatic heterocycles. The summed E-state index contributed by atoms with van der Waals surface area (Å²) in [5.74, 6) is 0.0793. The first-order chi connectivity index (χ1) is 7.68. The van der Waals surface area contributed by atoms with Gasteiger partial charge in [-0.1, -0.05) is 12.8 Å². The van der Waals surface area contributed by atoms with Crippen molar-refractivity contribution in [3.63, 3.8) is 0 Å². The highest BCUT2D eigenvalue weighted by atomic mass is 32.1. The van der Waals surface area contributed by atoms with Gasteiger partial charge in [0, 0.05) is 18.5 Å². The molecule has 16 heavy (non-hydrogen) atoms. The highest BCUT2D eigenvalue weighted by Crippen LogP contribution is 2.29. The van der Waals surface area contributed by atoms with Gasteiger partial charge in [0.25, 0.3) is 0 Å². The minimum absolute atomic E-state index is 0.0793. The molecule has 88 valence electrons. The van der Waals surface area contributed by atoms with E-state index in [9.17, 15) is 4.79 Å². The summed E-state index contributed by atoms with van der Waals surface area (Å²) in [5.41, 5.74) is 7.08. The first-order valence-corrected chi connectivity index (χ1v) is 6.69. The van der Waals surface area contributed by atoms with Crippen LogP contribution in [-0.4, -0.2) is 11.4 Å². The topological polar surface area (TPSA) is 55.1 Å². The van der Waals surface area contributed by atoms with Gasteiger partial charge in [-0.25, -0.2) is 0 Å². The van der Waals surface area contributed by atoms with Crippen molar-refractivity contribution in [2.24, 2.45) is 5.73 Å². The van der Waals surface area contributed by atoms with Gasteiger partial charge in [0.2, 0.25) is 5.91 Å². The third kappa shape index (κ3) is 3.06. The van der Waals surface area contributed by atoms with E-state index in [2.05, 4.69) is 5.32 Å². The molecule has 0 spiro atoms. The number of hydrogen-bond donors (Lipinski definition) is 2. The lowest BCUT2D eigenvalue weighted by Gasteiger charge is -2.22. The van der Waals surface area contributed by atoms with Crippen molar-refractivity contribution in [3.05, 3.63) is 22.4 Å². The largest absolute Gasteiger partial charge is 0.352 e. The number of amides is 1. The molecule has 1 amide bonds. The maximum atomic E-state index is 11.7. The molecule has 0 bridgehead atoms. The van der Waals surface area contributed by atoms with E-state index < -0.39 is 0 Å². The second-order valence-electron chi connectivity index (χ2n) is 4.65. The molecular weight excluding hydrogens is 220 g/mol. The van der Waals surface area contributed by atoms with Crippen LogP contribution in [0.5, 0.6) is 0 Å². The molecule has 2 rings (SSSR count). The van der Waals surface area contributed by atoms with Crippen molar-refractivity contribution >= 4 is 17.2 Å². The molecule has 0 unspecified atom stereocenters. The summed E-state index contributed by atoms with van der Waals surface area (Å²) in [4.78, 5) is 11.7. The monoisotopic (exact) mass is 238 g/mol. The van der Waals surface area contributed by atoms with Crippen LogP contribution in [0.4, 0.5) is 0 Å². The van der Waals surface area contributed by atoms with Gasteiger partial charge in [0.1, 0.15) is 0 Å². The zero-order valence-electron chi connectivity index (χ0n) is 9.37. The Morgan fingerprint density at radius 3 is 2.88 bits per heavy atom. The van der Waals surface area contributed by atoms with E-state index in [1.165, 1.54) is 0 Å². The van der Waals surface area contributed by atoms with Crippen LogP contribution in [0.15, 0.2) is 16.8 Å². The second kappa shape index (κ2) is 4.97. The van der Waals surface area contributed by atoms with Crippen LogP contribution < -0.4 is 11.1 Å². The summed E-state index contributed by atoms with van der Waals surface area (Å²) in [5, 5.41) is 6.99. The zero-order chi connectivity index (χ0) is 11.4. The van der Waals surface area contributed by atoms with Gasteiger partial charge in [0.15, 0.2) is 0 Å². The van der Waals surface area contributed by atoms with Crippen LogP contribution in [0.25, 0.3) is 0 Å². The molecular formula is C12H18N2OS. The molecule has 1 aromatic heterocycles. The molecule has 3 N–H and O–H groups in total. The Kier molecular flexibility index (Phi) is 3.61. The second-order valence-corrected chi connectivity index (χ2v) is 5.43. The van der Waals surface area contributed by atoms with Crippen molar-refractivity contribution < 1.29 is 4.79 Å². The van der Waals surface area contributed by atoms with E-state index in [0.29, 0.717) is 13.0 Å². The van der Waals surface area contributed by atoms with E-state index in [1.54, 1.807) is 11.3 Å². The zero-order valence-corrected chi connectivity index (χ0v) is 10.2. The maximum Gasteiger partial charge on any atom is 0.222 e. The van der Waals surface area contributed by atoms with Crippen LogP contribution in [0.2, 0.25) is 0 Å². The van der Waals surface area contributed by atoms with E-state index in [-0.39, 0.29) is 11.4 Å². The average molecular weight is 238 g/mol. The molecule has 0 radical (unpaired) electrons. The van der Waals surface area contributed by atoms with Gasteiger partial charge in [-0.15, -0.1) is 0 Å². The first-order valence-electron chi connectivity index (χ1n) is 5.75. The Labute approximate surface area is 100 Å². The minimum Gasteiger partial charge on any atom is -0.352 e. The van der Waals surface area contributed by atoms with Crippen LogP contribution in [0.1, 0.15) is 37.7 Å². The molecule has 4 heteroatoms. The Morgan fingerprint density at radius 1 is 1.50 bits per heavy atom. The fourth-order valence-corrected chi connectivity index (χ4v) is 2.90. The highest BCUT2D eigenvalue weighted by molar-refractivity contribution is 7.07. The standard InChI is InChI=1S/C12H18N2OS/c13-12(4-1-2-5-12)7-11(15)14-8-10-3-6-16-9-10/h3,6,9H,1-2,4-5,7-8,13H2,(H,14,15). The van der Waals surface area contributed by atoms with Gasteiger partial charge in [0.05, 0.1) is 0 Å². The van der Waals surface area contributed by atoms with Gasteiger partial charge in [-0.3, -0.25) is 4.79 Å². The first kappa shape index (κ1) is 11.6. The molecule has 0 aromatic carbocycles. The molecule has 1 fully saturated rings. The lowest BCUT2D eigenvalue weighted by atomic mass is 9.94. The fourth-order valence-electron chi connectivity index (χ4n) is 2.23. The van der Waals surface area contributed by atoms with Gasteiger partial charge < -0.3 is 11.1 Å². The minimum atomic E-state index is -0.237. The van der Waals surface area contributed by atoms with Gasteiger partial charge >= 0.3 is 0 Å². The van der Waals surface area contributed by atoms with Crippen molar-refractivity contribution in [1.82, 2.24) is 5.32 Å². The number of thiophene rings is 1. The number of carbonyl (C=O) groups excluding carboxylic acids is 1. The highest BCUT2D eigenvalue weighted by Gasteiger charge is 2.31. The lowest BCUT2D eigenvalue weighted by molar-refractivity contribution is -0.122. The van der Waals surface area contributed by atoms with E-state index in [1.807, 2.05) is 16.8 Å². The van der Waals surface area contributed by atoms with Crippen LogP contribution in [-0.2, 0) is 11.3 Å². The molecule has 1 saturated carbocycles. The number of nitrogens with two attached hydrogens (primary N) is 1. The summed E-state index contributed by atoms with van der Waals surface area (Å²) in [7, 11) is 0. The molecule has 0 atom stereocenters. The fraction of sp³-hybridized carbons (Fsp3) is 0.583. The summed E-state index contributed by atoms with van der Waals surface area (Å²) >= 11 is 1.65. The summed E-state index contributed by atoms with van der Waals surface area (Å²) in [6.07, 6.45) is 4.76. The summed E-state index contributed by atoms with van der Waals surface area (Å²) in [6.45, 7) is 0.623. The molecule has 3 nitrogen and oxygen atoms in total. The van der Waals surface area contributed by atoms with Crippen LogP contribution in [0.3, 0.4) is 0 Å². The van der Waals surface area contributed by atoms with E-state index in [4.69, 9.17) is 5.73 Å². The van der Waals surface area contributed by atoms with Crippen LogP contribution in [0, 0.1) is 0 Å². The van der Waals surface area contributed by atoms with Gasteiger partial charge in [-0.05, 0) is 35.2 Å². The number of carbonyl (C=O) groups is 1. The normalized spacial score (nSPS) is 18.6. The number of rotatable bonds is 4. The number of nitrogens with one attached hydrogen (secondary N) is 1. The summed E-state index contributed by atoms with van der Waals surface area (Å²) in [6, 6.07) is 2.03. The lowest BCUT2D eigenvalue weighted by Crippen LogP contribution is -2.41. The number of hydrogen-bond acceptors (Lipinski definition) is 3. The van der Waals surface area contributed by atoms with Crippen molar-refractivity contribution in [2.75, 3.05) is 0 Å². The third-order valence-electron chi connectivity index (χ3n) is 3.18. The quantitative estimate of drug-likeness (QED) is 0.843. The van der Waals surface area contributed by atoms with Crippen molar-refractivity contribution in [3.8, 4) is 0 Å².